The van der Waals surface area contributed by atoms with Gasteiger partial charge in [0.05, 0.1) is 12.1 Å². The van der Waals surface area contributed by atoms with Gasteiger partial charge in [0.2, 0.25) is 5.91 Å². The summed E-state index contributed by atoms with van der Waals surface area (Å²) in [6.07, 6.45) is 3.03. The summed E-state index contributed by atoms with van der Waals surface area (Å²) < 4.78 is 1.92. The molecule has 0 unspecified atom stereocenters. The first-order chi connectivity index (χ1) is 10.9. The predicted octanol–water partition coefficient (Wildman–Crippen LogP) is 2.13. The van der Waals surface area contributed by atoms with E-state index in [0.29, 0.717) is 12.2 Å². The number of aryl methyl sites for hydroxylation is 1. The summed E-state index contributed by atoms with van der Waals surface area (Å²) in [6, 6.07) is 8.16. The van der Waals surface area contributed by atoms with Gasteiger partial charge in [0.1, 0.15) is 5.75 Å². The number of hydrogen-bond acceptors (Lipinski definition) is 3. The highest BCUT2D eigenvalue weighted by Gasteiger charge is 2.17. The van der Waals surface area contributed by atoms with Crippen molar-refractivity contribution in [2.45, 2.75) is 6.54 Å². The van der Waals surface area contributed by atoms with Gasteiger partial charge in [-0.1, -0.05) is 6.58 Å². The average molecular weight is 313 g/mol. The second-order valence-corrected chi connectivity index (χ2v) is 5.20. The number of hydrogen-bond donors (Lipinski definition) is 2. The quantitative estimate of drug-likeness (QED) is 0.656. The van der Waals surface area contributed by atoms with Crippen LogP contribution < -0.4 is 5.32 Å². The Morgan fingerprint density at radius 2 is 2.13 bits per heavy atom. The van der Waals surface area contributed by atoms with Crippen molar-refractivity contribution in [3.8, 4) is 5.75 Å². The van der Waals surface area contributed by atoms with E-state index in [-0.39, 0.29) is 23.1 Å². The molecule has 120 valence electrons. The molecule has 0 bridgehead atoms. The number of benzene rings is 1. The molecule has 0 atom stereocenters. The van der Waals surface area contributed by atoms with Crippen LogP contribution in [0.3, 0.4) is 0 Å². The number of nitrogens with zero attached hydrogens (tertiary/aromatic N) is 2. The fourth-order valence-electron chi connectivity index (χ4n) is 2.16. The molecule has 6 nitrogen and oxygen atoms in total. The van der Waals surface area contributed by atoms with Crippen molar-refractivity contribution in [1.82, 2.24) is 9.47 Å². The highest BCUT2D eigenvalue weighted by atomic mass is 16.3. The van der Waals surface area contributed by atoms with Gasteiger partial charge in [0, 0.05) is 31.7 Å². The summed E-state index contributed by atoms with van der Waals surface area (Å²) in [5, 5.41) is 12.5. The molecule has 0 saturated heterocycles. The standard InChI is InChI=1S/C17H19N3O3/c1-4-16(22)18-12-7-8-15(21)14(10-12)17(23)20(3)11-13-6-5-9-19(13)2/h4-10,21H,1,11H2,2-3H3,(H,18,22). The first-order valence-corrected chi connectivity index (χ1v) is 7.04. The van der Waals surface area contributed by atoms with Gasteiger partial charge in [0.15, 0.2) is 0 Å². The molecule has 2 amide bonds. The first-order valence-electron chi connectivity index (χ1n) is 7.04. The van der Waals surface area contributed by atoms with Crippen LogP contribution in [-0.4, -0.2) is 33.4 Å². The van der Waals surface area contributed by atoms with Crippen LogP contribution in [0.2, 0.25) is 0 Å². The molecule has 2 aromatic rings. The Hall–Kier alpha value is -3.02. The molecule has 0 fully saturated rings. The Bertz CT molecular complexity index is 749. The molecule has 23 heavy (non-hydrogen) atoms. The molecule has 2 rings (SSSR count). The number of anilines is 1. The van der Waals surface area contributed by atoms with Crippen LogP contribution in [0.1, 0.15) is 16.1 Å². The van der Waals surface area contributed by atoms with Gasteiger partial charge in [-0.3, -0.25) is 9.59 Å². The molecule has 0 aliphatic rings. The Balaban J connectivity index is 2.20. The minimum absolute atomic E-state index is 0.128. The van der Waals surface area contributed by atoms with Crippen molar-refractivity contribution < 1.29 is 14.7 Å². The first kappa shape index (κ1) is 16.4. The smallest absolute Gasteiger partial charge is 0.257 e. The Kier molecular flexibility index (Phi) is 4.85. The van der Waals surface area contributed by atoms with E-state index in [4.69, 9.17) is 0 Å². The van der Waals surface area contributed by atoms with Gasteiger partial charge in [-0.05, 0) is 36.4 Å². The maximum atomic E-state index is 12.5. The van der Waals surface area contributed by atoms with E-state index >= 15 is 0 Å². The maximum absolute atomic E-state index is 12.5. The second-order valence-electron chi connectivity index (χ2n) is 5.20. The molecule has 0 saturated carbocycles. The summed E-state index contributed by atoms with van der Waals surface area (Å²) >= 11 is 0. The summed E-state index contributed by atoms with van der Waals surface area (Å²) in [5.74, 6) is -0.852. The lowest BCUT2D eigenvalue weighted by Gasteiger charge is -2.19. The van der Waals surface area contributed by atoms with Crippen LogP contribution >= 0.6 is 0 Å². The van der Waals surface area contributed by atoms with Crippen LogP contribution in [0.5, 0.6) is 5.75 Å². The Morgan fingerprint density at radius 1 is 1.39 bits per heavy atom. The van der Waals surface area contributed by atoms with E-state index in [1.165, 1.54) is 23.1 Å². The van der Waals surface area contributed by atoms with Gasteiger partial charge in [-0.15, -0.1) is 0 Å². The van der Waals surface area contributed by atoms with Gasteiger partial charge in [-0.25, -0.2) is 0 Å². The topological polar surface area (TPSA) is 74.6 Å². The zero-order valence-corrected chi connectivity index (χ0v) is 13.1. The normalized spacial score (nSPS) is 10.2. The van der Waals surface area contributed by atoms with Gasteiger partial charge < -0.3 is 19.9 Å². The summed E-state index contributed by atoms with van der Waals surface area (Å²) in [7, 11) is 3.56. The summed E-state index contributed by atoms with van der Waals surface area (Å²) in [4.78, 5) is 25.4. The van der Waals surface area contributed by atoms with Gasteiger partial charge in [-0.2, -0.15) is 0 Å². The number of phenolic OH excluding ortho intramolecular Hbond substituents is 1. The minimum atomic E-state index is -0.383. The number of carbonyl (C=O) groups is 2. The molecule has 0 radical (unpaired) electrons. The van der Waals surface area contributed by atoms with E-state index in [2.05, 4.69) is 11.9 Å². The molecule has 1 heterocycles. The van der Waals surface area contributed by atoms with E-state index < -0.39 is 0 Å². The van der Waals surface area contributed by atoms with Crippen molar-refractivity contribution in [2.75, 3.05) is 12.4 Å². The third-order valence-electron chi connectivity index (χ3n) is 3.48. The van der Waals surface area contributed by atoms with Gasteiger partial charge in [0.25, 0.3) is 5.91 Å². The fourth-order valence-corrected chi connectivity index (χ4v) is 2.16. The van der Waals surface area contributed by atoms with Crippen LogP contribution in [0.25, 0.3) is 0 Å². The number of aromatic hydroxyl groups is 1. The lowest BCUT2D eigenvalue weighted by molar-refractivity contribution is -0.111. The molecule has 1 aromatic carbocycles. The summed E-state index contributed by atoms with van der Waals surface area (Å²) in [5.41, 5.74) is 1.52. The largest absolute Gasteiger partial charge is 0.507 e. The molecular formula is C17H19N3O3. The molecule has 0 aliphatic heterocycles. The van der Waals surface area contributed by atoms with Crippen LogP contribution in [0.15, 0.2) is 49.2 Å². The number of nitrogens with one attached hydrogen (secondary N) is 1. The molecule has 6 heteroatoms. The zero-order valence-electron chi connectivity index (χ0n) is 13.1. The highest BCUT2D eigenvalue weighted by molar-refractivity contribution is 6.01. The fraction of sp³-hybridized carbons (Fsp3) is 0.176. The third-order valence-corrected chi connectivity index (χ3v) is 3.48. The van der Waals surface area contributed by atoms with Crippen molar-refractivity contribution >= 4 is 17.5 Å². The van der Waals surface area contributed by atoms with E-state index in [0.717, 1.165) is 11.8 Å². The predicted molar refractivity (Wildman–Crippen MR) is 88.1 cm³/mol. The number of rotatable bonds is 5. The van der Waals surface area contributed by atoms with E-state index in [1.807, 2.05) is 29.9 Å². The number of aromatic nitrogens is 1. The van der Waals surface area contributed by atoms with Crippen LogP contribution in [0.4, 0.5) is 5.69 Å². The second kappa shape index (κ2) is 6.83. The molecule has 0 spiro atoms. The van der Waals surface area contributed by atoms with Crippen LogP contribution in [-0.2, 0) is 18.4 Å². The summed E-state index contributed by atoms with van der Waals surface area (Å²) in [6.45, 7) is 3.78. The minimum Gasteiger partial charge on any atom is -0.507 e. The van der Waals surface area contributed by atoms with Gasteiger partial charge >= 0.3 is 0 Å². The zero-order chi connectivity index (χ0) is 17.0. The number of carbonyl (C=O) groups excluding carboxylic acids is 2. The van der Waals surface area contributed by atoms with Crippen molar-refractivity contribution in [1.29, 1.82) is 0 Å². The molecule has 0 aliphatic carbocycles. The molecule has 1 aromatic heterocycles. The SMILES string of the molecule is C=CC(=O)Nc1ccc(O)c(C(=O)N(C)Cc2cccn2C)c1. The average Bonchev–Trinajstić information content (AvgIpc) is 2.93. The van der Waals surface area contributed by atoms with E-state index in [9.17, 15) is 14.7 Å². The monoisotopic (exact) mass is 313 g/mol. The molecular weight excluding hydrogens is 294 g/mol. The van der Waals surface area contributed by atoms with E-state index in [1.54, 1.807) is 7.05 Å². The Morgan fingerprint density at radius 3 is 2.74 bits per heavy atom. The lowest BCUT2D eigenvalue weighted by Crippen LogP contribution is -2.27. The lowest BCUT2D eigenvalue weighted by atomic mass is 10.1. The van der Waals surface area contributed by atoms with Crippen molar-refractivity contribution in [2.24, 2.45) is 7.05 Å². The number of phenols is 1. The Labute approximate surface area is 134 Å². The third kappa shape index (κ3) is 3.79. The highest BCUT2D eigenvalue weighted by Crippen LogP contribution is 2.23. The van der Waals surface area contributed by atoms with Crippen molar-refractivity contribution in [3.63, 3.8) is 0 Å². The number of amides is 2. The van der Waals surface area contributed by atoms with Crippen LogP contribution in [0, 0.1) is 0 Å². The maximum Gasteiger partial charge on any atom is 0.257 e. The van der Waals surface area contributed by atoms with Crippen molar-refractivity contribution in [3.05, 3.63) is 60.4 Å². The molecule has 2 N–H and O–H groups in total.